The number of carbonyl (C=O) groups excluding carboxylic acids is 1. The van der Waals surface area contributed by atoms with Crippen LogP contribution in [0.15, 0.2) is 24.3 Å². The summed E-state index contributed by atoms with van der Waals surface area (Å²) in [5.74, 6) is -1.58. The first-order valence-electron chi connectivity index (χ1n) is 6.23. The van der Waals surface area contributed by atoms with Crippen LogP contribution in [-0.4, -0.2) is 23.6 Å². The highest BCUT2D eigenvalue weighted by atomic mass is 16.5. The summed E-state index contributed by atoms with van der Waals surface area (Å²) >= 11 is 0. The van der Waals surface area contributed by atoms with E-state index < -0.39 is 11.9 Å². The van der Waals surface area contributed by atoms with Crippen molar-refractivity contribution < 1.29 is 19.4 Å². The third kappa shape index (κ3) is 7.94. The summed E-state index contributed by atoms with van der Waals surface area (Å²) in [5.41, 5.74) is 5.20. The van der Waals surface area contributed by atoms with Gasteiger partial charge in [0.2, 0.25) is 0 Å². The van der Waals surface area contributed by atoms with Crippen molar-refractivity contribution in [2.45, 2.75) is 33.1 Å². The van der Waals surface area contributed by atoms with Crippen LogP contribution in [0, 0.1) is 0 Å². The van der Waals surface area contributed by atoms with Gasteiger partial charge in [-0.25, -0.2) is 4.79 Å². The molecule has 0 amide bonds. The minimum atomic E-state index is -1.11. The molecule has 0 bridgehead atoms. The van der Waals surface area contributed by atoms with Gasteiger partial charge in [-0.3, -0.25) is 4.79 Å². The first kappa shape index (κ1) is 17.1. The summed E-state index contributed by atoms with van der Waals surface area (Å²) in [5, 5.41) is 8.69. The van der Waals surface area contributed by atoms with E-state index in [1.807, 2.05) is 0 Å². The quantitative estimate of drug-likeness (QED) is 0.486. The number of carboxylic acid groups (broad SMARTS) is 1. The fourth-order valence-electron chi connectivity index (χ4n) is 1.28. The molecule has 0 unspecified atom stereocenters. The summed E-state index contributed by atoms with van der Waals surface area (Å²) in [7, 11) is 0. The number of hydrogen-bond acceptors (Lipinski definition) is 4. The van der Waals surface area contributed by atoms with Crippen LogP contribution in [0.3, 0.4) is 0 Å². The van der Waals surface area contributed by atoms with Crippen LogP contribution in [0.25, 0.3) is 0 Å². The van der Waals surface area contributed by atoms with Gasteiger partial charge in [0.1, 0.15) is 11.3 Å². The van der Waals surface area contributed by atoms with Gasteiger partial charge in [-0.1, -0.05) is 31.9 Å². The average Bonchev–Trinajstić information content (AvgIpc) is 2.36. The molecule has 1 aromatic rings. The number of ether oxygens (including phenoxy) is 1. The van der Waals surface area contributed by atoms with E-state index >= 15 is 0 Å². The molecule has 5 nitrogen and oxygen atoms in total. The highest BCUT2D eigenvalue weighted by Gasteiger charge is 2.10. The maximum absolute atomic E-state index is 10.6. The molecule has 0 saturated heterocycles. The van der Waals surface area contributed by atoms with Gasteiger partial charge in [-0.15, -0.1) is 0 Å². The molecule has 0 aliphatic rings. The Morgan fingerprint density at radius 2 is 1.89 bits per heavy atom. The van der Waals surface area contributed by atoms with Crippen LogP contribution in [0.1, 0.15) is 43.5 Å². The zero-order valence-electron chi connectivity index (χ0n) is 11.4. The molecule has 0 atom stereocenters. The molecule has 3 N–H and O–H groups in total. The lowest BCUT2D eigenvalue weighted by Gasteiger charge is -2.03. The van der Waals surface area contributed by atoms with Crippen molar-refractivity contribution in [3.63, 3.8) is 0 Å². The van der Waals surface area contributed by atoms with Gasteiger partial charge >= 0.3 is 11.9 Å². The molecule has 0 aromatic heterocycles. The van der Waals surface area contributed by atoms with Crippen molar-refractivity contribution in [3.05, 3.63) is 29.8 Å². The van der Waals surface area contributed by atoms with Crippen LogP contribution in [0.5, 0.6) is 5.75 Å². The van der Waals surface area contributed by atoms with Crippen molar-refractivity contribution in [2.75, 3.05) is 6.54 Å². The van der Waals surface area contributed by atoms with Gasteiger partial charge in [-0.05, 0) is 25.1 Å². The van der Waals surface area contributed by atoms with Crippen molar-refractivity contribution >= 4 is 11.9 Å². The third-order valence-electron chi connectivity index (χ3n) is 2.18. The fraction of sp³-hybridized carbons (Fsp3) is 0.429. The zero-order chi connectivity index (χ0) is 14.7. The van der Waals surface area contributed by atoms with Gasteiger partial charge in [0.05, 0.1) is 0 Å². The summed E-state index contributed by atoms with van der Waals surface area (Å²) < 4.78 is 4.69. The lowest BCUT2D eigenvalue weighted by atomic mass is 10.2. The molecule has 5 heteroatoms. The van der Waals surface area contributed by atoms with Crippen LogP contribution in [-0.2, 0) is 4.79 Å². The Bertz CT molecular complexity index is 400. The number of rotatable bonds is 5. The van der Waals surface area contributed by atoms with E-state index in [1.165, 1.54) is 38.3 Å². The second-order valence-electron chi connectivity index (χ2n) is 3.89. The smallest absolute Gasteiger partial charge is 0.339 e. The molecule has 0 aliphatic carbocycles. The Morgan fingerprint density at radius 1 is 1.26 bits per heavy atom. The predicted octanol–water partition coefficient (Wildman–Crippen LogP) is 2.45. The fourth-order valence-corrected chi connectivity index (χ4v) is 1.28. The molecule has 1 aromatic carbocycles. The van der Waals surface area contributed by atoms with Gasteiger partial charge < -0.3 is 15.6 Å². The second kappa shape index (κ2) is 10.1. The molecular weight excluding hydrogens is 246 g/mol. The Balaban J connectivity index is 0.000000459. The van der Waals surface area contributed by atoms with Crippen molar-refractivity contribution in [3.8, 4) is 5.75 Å². The standard InChI is InChI=1S/C9H8O4.C5H13N/c1-6(10)13-8-5-3-2-4-7(8)9(11)12;1-2-3-4-5-6/h2-5H,1H3,(H,11,12);2-6H2,1H3. The van der Waals surface area contributed by atoms with Gasteiger partial charge in [-0.2, -0.15) is 0 Å². The molecule has 0 heterocycles. The maximum atomic E-state index is 10.6. The Labute approximate surface area is 113 Å². The number of aromatic carboxylic acids is 1. The lowest BCUT2D eigenvalue weighted by molar-refractivity contribution is -0.131. The van der Waals surface area contributed by atoms with E-state index in [4.69, 9.17) is 10.8 Å². The molecule has 106 valence electrons. The Hall–Kier alpha value is -1.88. The number of esters is 1. The Kier molecular flexibility index (Phi) is 9.08. The van der Waals surface area contributed by atoms with Crippen LogP contribution >= 0.6 is 0 Å². The van der Waals surface area contributed by atoms with Crippen molar-refractivity contribution in [1.82, 2.24) is 0 Å². The van der Waals surface area contributed by atoms with E-state index in [2.05, 4.69) is 11.7 Å². The molecule has 0 fully saturated rings. The molecule has 0 spiro atoms. The summed E-state index contributed by atoms with van der Waals surface area (Å²) in [4.78, 5) is 21.2. The van der Waals surface area contributed by atoms with Crippen LogP contribution in [0.4, 0.5) is 0 Å². The molecule has 0 saturated carbocycles. The van der Waals surface area contributed by atoms with Crippen LogP contribution < -0.4 is 10.5 Å². The summed E-state index contributed by atoms with van der Waals surface area (Å²) in [6, 6.07) is 5.98. The van der Waals surface area contributed by atoms with Crippen LogP contribution in [0.2, 0.25) is 0 Å². The minimum Gasteiger partial charge on any atom is -0.478 e. The SMILES string of the molecule is CC(=O)Oc1ccccc1C(=O)O.CCCCCN. The average molecular weight is 267 g/mol. The number of nitrogens with two attached hydrogens (primary N) is 1. The minimum absolute atomic E-state index is 0.0160. The number of carbonyl (C=O) groups is 2. The first-order chi connectivity index (χ1) is 9.02. The lowest BCUT2D eigenvalue weighted by Crippen LogP contribution is -2.06. The highest BCUT2D eigenvalue weighted by molar-refractivity contribution is 5.91. The van der Waals surface area contributed by atoms with E-state index in [9.17, 15) is 9.59 Å². The van der Waals surface area contributed by atoms with E-state index in [1.54, 1.807) is 12.1 Å². The van der Waals surface area contributed by atoms with E-state index in [0.29, 0.717) is 0 Å². The highest BCUT2D eigenvalue weighted by Crippen LogP contribution is 2.17. The van der Waals surface area contributed by atoms with E-state index in [-0.39, 0.29) is 11.3 Å². The topological polar surface area (TPSA) is 89.6 Å². The summed E-state index contributed by atoms with van der Waals surface area (Å²) in [6.07, 6.45) is 3.75. The van der Waals surface area contributed by atoms with Crippen molar-refractivity contribution in [2.24, 2.45) is 5.73 Å². The molecule has 0 aliphatic heterocycles. The molecular formula is C14H21NO4. The number of para-hydroxylation sites is 1. The second-order valence-corrected chi connectivity index (χ2v) is 3.89. The third-order valence-corrected chi connectivity index (χ3v) is 2.18. The largest absolute Gasteiger partial charge is 0.478 e. The predicted molar refractivity (Wildman–Crippen MR) is 73.3 cm³/mol. The summed E-state index contributed by atoms with van der Waals surface area (Å²) in [6.45, 7) is 4.25. The molecule has 19 heavy (non-hydrogen) atoms. The monoisotopic (exact) mass is 267 g/mol. The first-order valence-corrected chi connectivity index (χ1v) is 6.23. The maximum Gasteiger partial charge on any atom is 0.339 e. The van der Waals surface area contributed by atoms with Crippen molar-refractivity contribution in [1.29, 1.82) is 0 Å². The number of hydrogen-bond donors (Lipinski definition) is 2. The zero-order valence-corrected chi connectivity index (χ0v) is 11.4. The van der Waals surface area contributed by atoms with Gasteiger partial charge in [0.25, 0.3) is 0 Å². The molecule has 0 radical (unpaired) electrons. The normalized spacial score (nSPS) is 9.21. The number of unbranched alkanes of at least 4 members (excludes halogenated alkanes) is 2. The van der Waals surface area contributed by atoms with Gasteiger partial charge in [0.15, 0.2) is 0 Å². The van der Waals surface area contributed by atoms with E-state index in [0.717, 1.165) is 6.54 Å². The number of carboxylic acids is 1. The number of benzene rings is 1. The van der Waals surface area contributed by atoms with Gasteiger partial charge in [0, 0.05) is 6.92 Å². The Morgan fingerprint density at radius 3 is 2.32 bits per heavy atom. The molecule has 1 rings (SSSR count).